The van der Waals surface area contributed by atoms with E-state index in [-0.39, 0.29) is 0 Å². The summed E-state index contributed by atoms with van der Waals surface area (Å²) in [5.41, 5.74) is 6.69. The fraction of sp³-hybridized carbons (Fsp3) is 0.600. The molecule has 0 aliphatic carbocycles. The summed E-state index contributed by atoms with van der Waals surface area (Å²) in [7, 11) is 0. The highest BCUT2D eigenvalue weighted by Crippen LogP contribution is 2.25. The monoisotopic (exact) mass is 282 g/mol. The van der Waals surface area contributed by atoms with Crippen LogP contribution in [-0.4, -0.2) is 37.7 Å². The average Bonchev–Trinajstić information content (AvgIpc) is 2.43. The first-order chi connectivity index (χ1) is 9.29. The van der Waals surface area contributed by atoms with E-state index < -0.39 is 0 Å². The Morgan fingerprint density at radius 1 is 1.21 bits per heavy atom. The topological polar surface area (TPSA) is 38.5 Å². The third kappa shape index (κ3) is 4.68. The van der Waals surface area contributed by atoms with Gasteiger partial charge in [-0.25, -0.2) is 0 Å². The quantitative estimate of drug-likeness (QED) is 0.872. The predicted octanol–water partition coefficient (Wildman–Crippen LogP) is 2.71. The smallest absolute Gasteiger partial charge is 0.137 e. The number of benzene rings is 1. The molecule has 0 radical (unpaired) electrons. The molecular weight excluding hydrogens is 260 g/mol. The molecule has 1 saturated heterocycles. The van der Waals surface area contributed by atoms with Gasteiger partial charge in [-0.1, -0.05) is 24.1 Å². The van der Waals surface area contributed by atoms with Crippen LogP contribution >= 0.6 is 11.6 Å². The van der Waals surface area contributed by atoms with E-state index in [0.717, 1.165) is 24.3 Å². The Balaban J connectivity index is 1.78. The fourth-order valence-electron chi connectivity index (χ4n) is 2.45. The van der Waals surface area contributed by atoms with E-state index in [1.807, 2.05) is 18.2 Å². The summed E-state index contributed by atoms with van der Waals surface area (Å²) in [5.74, 6) is 0.777. The van der Waals surface area contributed by atoms with Crippen LogP contribution in [-0.2, 0) is 6.42 Å². The summed E-state index contributed by atoms with van der Waals surface area (Å²) >= 11 is 6.21. The number of nitrogens with zero attached hydrogens (tertiary/aromatic N) is 1. The highest BCUT2D eigenvalue weighted by molar-refractivity contribution is 6.32. The van der Waals surface area contributed by atoms with E-state index in [4.69, 9.17) is 22.1 Å². The van der Waals surface area contributed by atoms with E-state index in [1.165, 1.54) is 32.4 Å². The normalized spacial score (nSPS) is 16.5. The molecule has 19 heavy (non-hydrogen) atoms. The van der Waals surface area contributed by atoms with Crippen molar-refractivity contribution in [1.29, 1.82) is 0 Å². The van der Waals surface area contributed by atoms with Gasteiger partial charge >= 0.3 is 0 Å². The number of hydrogen-bond acceptors (Lipinski definition) is 3. The van der Waals surface area contributed by atoms with E-state index in [1.54, 1.807) is 0 Å². The molecule has 1 fully saturated rings. The van der Waals surface area contributed by atoms with Crippen molar-refractivity contribution in [2.75, 3.05) is 32.8 Å². The Morgan fingerprint density at radius 2 is 2.00 bits per heavy atom. The van der Waals surface area contributed by atoms with E-state index in [0.29, 0.717) is 18.2 Å². The largest absolute Gasteiger partial charge is 0.491 e. The molecule has 0 amide bonds. The number of hydrogen-bond donors (Lipinski definition) is 1. The van der Waals surface area contributed by atoms with Crippen molar-refractivity contribution in [3.05, 3.63) is 28.8 Å². The van der Waals surface area contributed by atoms with Gasteiger partial charge in [0.25, 0.3) is 0 Å². The molecule has 1 aromatic rings. The molecule has 1 aliphatic heterocycles. The molecule has 4 heteroatoms. The molecule has 2 N–H and O–H groups in total. The van der Waals surface area contributed by atoms with Gasteiger partial charge in [0.2, 0.25) is 0 Å². The zero-order valence-electron chi connectivity index (χ0n) is 11.4. The summed E-state index contributed by atoms with van der Waals surface area (Å²) in [6, 6.07) is 5.93. The average molecular weight is 283 g/mol. The van der Waals surface area contributed by atoms with Crippen LogP contribution in [0.4, 0.5) is 0 Å². The summed E-state index contributed by atoms with van der Waals surface area (Å²) in [5, 5.41) is 0.685. The van der Waals surface area contributed by atoms with Crippen LogP contribution in [0.2, 0.25) is 5.02 Å². The molecule has 1 aliphatic rings. The zero-order chi connectivity index (χ0) is 13.5. The SMILES string of the molecule is NCCc1ccc(OCCN2CCCCC2)c(Cl)c1. The summed E-state index contributed by atoms with van der Waals surface area (Å²) < 4.78 is 5.77. The third-order valence-corrected chi connectivity index (χ3v) is 3.84. The van der Waals surface area contributed by atoms with E-state index in [2.05, 4.69) is 4.90 Å². The summed E-state index contributed by atoms with van der Waals surface area (Å²) in [6.07, 6.45) is 4.85. The maximum absolute atomic E-state index is 6.21. The van der Waals surface area contributed by atoms with Crippen molar-refractivity contribution in [3.63, 3.8) is 0 Å². The predicted molar refractivity (Wildman–Crippen MR) is 80.0 cm³/mol. The molecule has 106 valence electrons. The highest BCUT2D eigenvalue weighted by Gasteiger charge is 2.10. The Kier molecular flexibility index (Phi) is 5.95. The minimum atomic E-state index is 0.644. The van der Waals surface area contributed by atoms with Crippen LogP contribution < -0.4 is 10.5 Å². The van der Waals surface area contributed by atoms with E-state index in [9.17, 15) is 0 Å². The van der Waals surface area contributed by atoms with Crippen molar-refractivity contribution in [2.24, 2.45) is 5.73 Å². The lowest BCUT2D eigenvalue weighted by molar-refractivity contribution is 0.183. The van der Waals surface area contributed by atoms with Crippen molar-refractivity contribution in [3.8, 4) is 5.75 Å². The van der Waals surface area contributed by atoms with Crippen LogP contribution in [0.25, 0.3) is 0 Å². The molecule has 0 atom stereocenters. The minimum Gasteiger partial charge on any atom is -0.491 e. The number of nitrogens with two attached hydrogens (primary N) is 1. The van der Waals surface area contributed by atoms with Gasteiger partial charge in [-0.3, -0.25) is 4.90 Å². The first-order valence-corrected chi connectivity index (χ1v) is 7.51. The lowest BCUT2D eigenvalue weighted by Crippen LogP contribution is -2.33. The van der Waals surface area contributed by atoms with Crippen molar-refractivity contribution in [2.45, 2.75) is 25.7 Å². The minimum absolute atomic E-state index is 0.644. The van der Waals surface area contributed by atoms with Crippen LogP contribution in [0, 0.1) is 0 Å². The van der Waals surface area contributed by atoms with Crippen molar-refractivity contribution in [1.82, 2.24) is 4.90 Å². The number of piperidine rings is 1. The Bertz CT molecular complexity index is 392. The molecule has 0 aromatic heterocycles. The lowest BCUT2D eigenvalue weighted by Gasteiger charge is -2.26. The third-order valence-electron chi connectivity index (χ3n) is 3.54. The molecule has 1 heterocycles. The standard InChI is InChI=1S/C15H23ClN2O/c16-14-12-13(6-7-17)4-5-15(14)19-11-10-18-8-2-1-3-9-18/h4-5,12H,1-3,6-11,17H2. The Hall–Kier alpha value is -0.770. The first-order valence-electron chi connectivity index (χ1n) is 7.13. The van der Waals surface area contributed by atoms with Gasteiger partial charge in [0, 0.05) is 6.54 Å². The summed E-state index contributed by atoms with van der Waals surface area (Å²) in [6.45, 7) is 4.74. The molecule has 1 aromatic carbocycles. The van der Waals surface area contributed by atoms with Gasteiger partial charge in [0.1, 0.15) is 12.4 Å². The molecule has 0 bridgehead atoms. The highest BCUT2D eigenvalue weighted by atomic mass is 35.5. The zero-order valence-corrected chi connectivity index (χ0v) is 12.2. The number of ether oxygens (including phenoxy) is 1. The van der Waals surface area contributed by atoms with Gasteiger partial charge in [0.05, 0.1) is 5.02 Å². The number of likely N-dealkylation sites (tertiary alicyclic amines) is 1. The molecular formula is C15H23ClN2O. The maximum Gasteiger partial charge on any atom is 0.137 e. The number of rotatable bonds is 6. The molecule has 0 unspecified atom stereocenters. The van der Waals surface area contributed by atoms with Crippen LogP contribution in [0.3, 0.4) is 0 Å². The molecule has 3 nitrogen and oxygen atoms in total. The van der Waals surface area contributed by atoms with E-state index >= 15 is 0 Å². The maximum atomic E-state index is 6.21. The second kappa shape index (κ2) is 7.73. The Labute approximate surface area is 120 Å². The second-order valence-electron chi connectivity index (χ2n) is 5.05. The second-order valence-corrected chi connectivity index (χ2v) is 5.46. The van der Waals surface area contributed by atoms with Gasteiger partial charge in [-0.2, -0.15) is 0 Å². The van der Waals surface area contributed by atoms with Gasteiger partial charge in [-0.05, 0) is 56.6 Å². The van der Waals surface area contributed by atoms with Crippen molar-refractivity contribution < 1.29 is 4.74 Å². The van der Waals surface area contributed by atoms with Gasteiger partial charge in [0.15, 0.2) is 0 Å². The van der Waals surface area contributed by atoms with Crippen molar-refractivity contribution >= 4 is 11.6 Å². The van der Waals surface area contributed by atoms with Gasteiger partial charge in [-0.15, -0.1) is 0 Å². The summed E-state index contributed by atoms with van der Waals surface area (Å²) in [4.78, 5) is 2.46. The molecule has 0 spiro atoms. The van der Waals surface area contributed by atoms with Gasteiger partial charge < -0.3 is 10.5 Å². The molecule has 2 rings (SSSR count). The Morgan fingerprint density at radius 3 is 2.68 bits per heavy atom. The first kappa shape index (κ1) is 14.6. The fourth-order valence-corrected chi connectivity index (χ4v) is 2.71. The molecule has 0 saturated carbocycles. The van der Waals surface area contributed by atoms with Crippen LogP contribution in [0.15, 0.2) is 18.2 Å². The lowest BCUT2D eigenvalue weighted by atomic mass is 10.1. The number of halogens is 1. The van der Waals surface area contributed by atoms with Crippen LogP contribution in [0.5, 0.6) is 5.75 Å². The van der Waals surface area contributed by atoms with Crippen LogP contribution in [0.1, 0.15) is 24.8 Å².